The maximum Gasteiger partial charge on any atom is 0.335 e. The molecule has 1 atom stereocenters. The molecule has 1 rings (SSSR count). The van der Waals surface area contributed by atoms with Crippen molar-refractivity contribution in [2.24, 2.45) is 0 Å². The highest BCUT2D eigenvalue weighted by molar-refractivity contribution is 5.89. The number of rotatable bonds is 6. The smallest absolute Gasteiger partial charge is 0.335 e. The molecule has 2 N–H and O–H groups in total. The fraction of sp³-hybridized carbons (Fsp3) is 0.462. The average Bonchev–Trinajstić information content (AvgIpc) is 2.30. The minimum absolute atomic E-state index is 0.197. The molecule has 17 heavy (non-hydrogen) atoms. The Hall–Kier alpha value is -1.55. The van der Waals surface area contributed by atoms with Gasteiger partial charge in [0.1, 0.15) is 0 Å². The first-order valence-corrected chi connectivity index (χ1v) is 5.67. The summed E-state index contributed by atoms with van der Waals surface area (Å²) in [7, 11) is 1.66. The SMILES string of the molecule is CCC(COC)Nc1cc(C(=O)O)ccc1C. The Morgan fingerprint density at radius 2 is 2.24 bits per heavy atom. The van der Waals surface area contributed by atoms with Gasteiger partial charge in [0.25, 0.3) is 0 Å². The minimum atomic E-state index is -0.909. The maximum absolute atomic E-state index is 10.9. The van der Waals surface area contributed by atoms with Gasteiger partial charge in [-0.15, -0.1) is 0 Å². The molecular formula is C13H19NO3. The van der Waals surface area contributed by atoms with E-state index < -0.39 is 5.97 Å². The number of carboxylic acid groups (broad SMARTS) is 1. The molecule has 1 aromatic carbocycles. The van der Waals surface area contributed by atoms with Gasteiger partial charge in [0.15, 0.2) is 0 Å². The fourth-order valence-corrected chi connectivity index (χ4v) is 1.59. The van der Waals surface area contributed by atoms with Crippen molar-refractivity contribution in [3.63, 3.8) is 0 Å². The summed E-state index contributed by atoms with van der Waals surface area (Å²) in [5.74, 6) is -0.909. The summed E-state index contributed by atoms with van der Waals surface area (Å²) < 4.78 is 5.11. The number of anilines is 1. The summed E-state index contributed by atoms with van der Waals surface area (Å²) in [6.45, 7) is 4.62. The van der Waals surface area contributed by atoms with Crippen molar-refractivity contribution in [1.29, 1.82) is 0 Å². The Morgan fingerprint density at radius 1 is 1.53 bits per heavy atom. The first kappa shape index (κ1) is 13.5. The first-order chi connectivity index (χ1) is 8.08. The number of ether oxygens (including phenoxy) is 1. The number of carbonyl (C=O) groups is 1. The Morgan fingerprint density at radius 3 is 2.76 bits per heavy atom. The van der Waals surface area contributed by atoms with E-state index in [1.807, 2.05) is 13.0 Å². The molecule has 0 fully saturated rings. The molecule has 0 heterocycles. The number of carboxylic acids is 1. The second-order valence-corrected chi connectivity index (χ2v) is 4.04. The summed E-state index contributed by atoms with van der Waals surface area (Å²) in [6, 6.07) is 5.28. The molecule has 0 saturated carbocycles. The summed E-state index contributed by atoms with van der Waals surface area (Å²) in [5, 5.41) is 12.2. The highest BCUT2D eigenvalue weighted by Gasteiger charge is 2.10. The number of methoxy groups -OCH3 is 1. The van der Waals surface area contributed by atoms with Crippen LogP contribution in [0.3, 0.4) is 0 Å². The fourth-order valence-electron chi connectivity index (χ4n) is 1.59. The van der Waals surface area contributed by atoms with Crippen LogP contribution in [0.2, 0.25) is 0 Å². The Kier molecular flexibility index (Phi) is 4.97. The minimum Gasteiger partial charge on any atom is -0.478 e. The highest BCUT2D eigenvalue weighted by Crippen LogP contribution is 2.18. The number of hydrogen-bond donors (Lipinski definition) is 2. The molecule has 1 aromatic rings. The second kappa shape index (κ2) is 6.25. The molecule has 4 nitrogen and oxygen atoms in total. The van der Waals surface area contributed by atoms with Crippen LogP contribution in [0.1, 0.15) is 29.3 Å². The molecular weight excluding hydrogens is 218 g/mol. The predicted octanol–water partition coefficient (Wildman–Crippen LogP) is 2.53. The number of benzene rings is 1. The van der Waals surface area contributed by atoms with Crippen molar-refractivity contribution in [2.75, 3.05) is 19.0 Å². The van der Waals surface area contributed by atoms with Crippen LogP contribution in [0.25, 0.3) is 0 Å². The van der Waals surface area contributed by atoms with E-state index in [2.05, 4.69) is 12.2 Å². The van der Waals surface area contributed by atoms with E-state index in [-0.39, 0.29) is 6.04 Å². The van der Waals surface area contributed by atoms with Crippen LogP contribution < -0.4 is 5.32 Å². The lowest BCUT2D eigenvalue weighted by atomic mass is 10.1. The lowest BCUT2D eigenvalue weighted by molar-refractivity contribution is 0.0697. The molecule has 4 heteroatoms. The van der Waals surface area contributed by atoms with Crippen LogP contribution in [-0.2, 0) is 4.74 Å². The van der Waals surface area contributed by atoms with Crippen LogP contribution in [0.4, 0.5) is 5.69 Å². The third-order valence-corrected chi connectivity index (χ3v) is 2.70. The van der Waals surface area contributed by atoms with E-state index in [1.54, 1.807) is 19.2 Å². The molecule has 0 amide bonds. The average molecular weight is 237 g/mol. The van der Waals surface area contributed by atoms with Gasteiger partial charge in [0, 0.05) is 18.8 Å². The number of nitrogens with one attached hydrogen (secondary N) is 1. The summed E-state index contributed by atoms with van der Waals surface area (Å²) in [6.07, 6.45) is 0.921. The molecule has 0 saturated heterocycles. The summed E-state index contributed by atoms with van der Waals surface area (Å²) in [5.41, 5.74) is 2.18. The van der Waals surface area contributed by atoms with Crippen molar-refractivity contribution >= 4 is 11.7 Å². The third kappa shape index (κ3) is 3.75. The van der Waals surface area contributed by atoms with Crippen LogP contribution in [0, 0.1) is 6.92 Å². The van der Waals surface area contributed by atoms with Gasteiger partial charge < -0.3 is 15.2 Å². The highest BCUT2D eigenvalue weighted by atomic mass is 16.5. The molecule has 0 spiro atoms. The largest absolute Gasteiger partial charge is 0.478 e. The van der Waals surface area contributed by atoms with Crippen LogP contribution in [0.5, 0.6) is 0 Å². The zero-order valence-corrected chi connectivity index (χ0v) is 10.5. The van der Waals surface area contributed by atoms with Crippen molar-refractivity contribution in [3.8, 4) is 0 Å². The van der Waals surface area contributed by atoms with Crippen molar-refractivity contribution in [1.82, 2.24) is 0 Å². The zero-order chi connectivity index (χ0) is 12.8. The molecule has 0 radical (unpaired) electrons. The Labute approximate surface area is 102 Å². The molecule has 0 aromatic heterocycles. The van der Waals surface area contributed by atoms with Gasteiger partial charge in [-0.1, -0.05) is 13.0 Å². The normalized spacial score (nSPS) is 12.2. The van der Waals surface area contributed by atoms with Crippen LogP contribution in [0.15, 0.2) is 18.2 Å². The van der Waals surface area contributed by atoms with Gasteiger partial charge in [-0.25, -0.2) is 4.79 Å². The number of hydrogen-bond acceptors (Lipinski definition) is 3. The molecule has 0 aliphatic rings. The predicted molar refractivity (Wildman–Crippen MR) is 67.7 cm³/mol. The quantitative estimate of drug-likeness (QED) is 0.798. The van der Waals surface area contributed by atoms with Crippen molar-refractivity contribution in [3.05, 3.63) is 29.3 Å². The van der Waals surface area contributed by atoms with Gasteiger partial charge in [-0.3, -0.25) is 0 Å². The number of aromatic carboxylic acids is 1. The first-order valence-electron chi connectivity index (χ1n) is 5.67. The molecule has 0 aliphatic carbocycles. The third-order valence-electron chi connectivity index (χ3n) is 2.70. The second-order valence-electron chi connectivity index (χ2n) is 4.04. The van der Waals surface area contributed by atoms with E-state index in [9.17, 15) is 4.79 Å². The Bertz CT molecular complexity index is 390. The summed E-state index contributed by atoms with van der Waals surface area (Å²) in [4.78, 5) is 10.9. The topological polar surface area (TPSA) is 58.6 Å². The lowest BCUT2D eigenvalue weighted by Crippen LogP contribution is -2.24. The van der Waals surface area contributed by atoms with Gasteiger partial charge >= 0.3 is 5.97 Å². The number of aryl methyl sites for hydroxylation is 1. The van der Waals surface area contributed by atoms with Crippen LogP contribution >= 0.6 is 0 Å². The van der Waals surface area contributed by atoms with E-state index in [0.29, 0.717) is 12.2 Å². The maximum atomic E-state index is 10.9. The van der Waals surface area contributed by atoms with Crippen molar-refractivity contribution < 1.29 is 14.6 Å². The van der Waals surface area contributed by atoms with E-state index in [1.165, 1.54) is 0 Å². The lowest BCUT2D eigenvalue weighted by Gasteiger charge is -2.19. The monoisotopic (exact) mass is 237 g/mol. The molecule has 94 valence electrons. The van der Waals surface area contributed by atoms with Gasteiger partial charge in [0.2, 0.25) is 0 Å². The van der Waals surface area contributed by atoms with E-state index >= 15 is 0 Å². The zero-order valence-electron chi connectivity index (χ0n) is 10.5. The van der Waals surface area contributed by atoms with E-state index in [0.717, 1.165) is 17.7 Å². The van der Waals surface area contributed by atoms with Crippen LogP contribution in [-0.4, -0.2) is 30.8 Å². The molecule has 1 unspecified atom stereocenters. The summed E-state index contributed by atoms with van der Waals surface area (Å²) >= 11 is 0. The van der Waals surface area contributed by atoms with Crippen molar-refractivity contribution in [2.45, 2.75) is 26.3 Å². The van der Waals surface area contributed by atoms with Gasteiger partial charge in [0.05, 0.1) is 12.2 Å². The van der Waals surface area contributed by atoms with E-state index in [4.69, 9.17) is 9.84 Å². The van der Waals surface area contributed by atoms with Gasteiger partial charge in [-0.05, 0) is 31.0 Å². The molecule has 0 bridgehead atoms. The van der Waals surface area contributed by atoms with Gasteiger partial charge in [-0.2, -0.15) is 0 Å². The standard InChI is InChI=1S/C13H19NO3/c1-4-11(8-17-3)14-12-7-10(13(15)16)6-5-9(12)2/h5-7,11,14H,4,8H2,1-3H3,(H,15,16). The Balaban J connectivity index is 2.88. The molecule has 0 aliphatic heterocycles.